The summed E-state index contributed by atoms with van der Waals surface area (Å²) in [5.41, 5.74) is 2.17. The molecule has 0 aliphatic carbocycles. The quantitative estimate of drug-likeness (QED) is 0.414. The Kier molecular flexibility index (Phi) is 6.67. The highest BCUT2D eigenvalue weighted by Crippen LogP contribution is 2.11. The second-order valence-electron chi connectivity index (χ2n) is 6.05. The number of benzene rings is 1. The van der Waals surface area contributed by atoms with Gasteiger partial charge >= 0.3 is 0 Å². The summed E-state index contributed by atoms with van der Waals surface area (Å²) < 4.78 is 0. The molecule has 0 bridgehead atoms. The topological polar surface area (TPSA) is 91.8 Å². The minimum Gasteiger partial charge on any atom is -0.367 e. The van der Waals surface area contributed by atoms with Gasteiger partial charge in [0.15, 0.2) is 5.82 Å². The number of amides is 1. The van der Waals surface area contributed by atoms with E-state index in [9.17, 15) is 4.79 Å². The molecule has 0 aliphatic heterocycles. The number of carbonyl (C=O) groups is 1. The molecule has 0 aliphatic rings. The molecule has 3 rings (SSSR count). The van der Waals surface area contributed by atoms with Gasteiger partial charge in [0, 0.05) is 25.4 Å². The van der Waals surface area contributed by atoms with Crippen LogP contribution in [-0.2, 0) is 4.79 Å². The number of nitrogens with zero attached hydrogens (tertiary/aromatic N) is 3. The molecule has 0 saturated carbocycles. The molecule has 0 unspecified atom stereocenters. The Labute approximate surface area is 163 Å². The van der Waals surface area contributed by atoms with Crippen LogP contribution >= 0.6 is 0 Å². The first-order valence-corrected chi connectivity index (χ1v) is 8.98. The summed E-state index contributed by atoms with van der Waals surface area (Å²) in [5.74, 6) is 1.82. The van der Waals surface area contributed by atoms with Gasteiger partial charge in [-0.3, -0.25) is 4.79 Å². The van der Waals surface area contributed by atoms with Crippen molar-refractivity contribution in [1.29, 1.82) is 0 Å². The second kappa shape index (κ2) is 9.82. The van der Waals surface area contributed by atoms with Crippen molar-refractivity contribution in [2.45, 2.75) is 6.92 Å². The lowest BCUT2D eigenvalue weighted by Crippen LogP contribution is -2.27. The molecule has 1 amide bonds. The largest absolute Gasteiger partial charge is 0.367 e. The third kappa shape index (κ3) is 5.91. The van der Waals surface area contributed by atoms with E-state index < -0.39 is 0 Å². The molecule has 0 fully saturated rings. The molecule has 7 heteroatoms. The number of aryl methyl sites for hydroxylation is 1. The summed E-state index contributed by atoms with van der Waals surface area (Å²) in [6, 6.07) is 17.1. The van der Waals surface area contributed by atoms with Gasteiger partial charge in [-0.15, -0.1) is 10.2 Å². The monoisotopic (exact) mass is 374 g/mol. The fourth-order valence-electron chi connectivity index (χ4n) is 2.44. The Bertz CT molecular complexity index is 925. The van der Waals surface area contributed by atoms with E-state index in [1.165, 1.54) is 0 Å². The summed E-state index contributed by atoms with van der Waals surface area (Å²) in [7, 11) is 0. The summed E-state index contributed by atoms with van der Waals surface area (Å²) >= 11 is 0. The van der Waals surface area contributed by atoms with Crippen LogP contribution in [-0.4, -0.2) is 34.2 Å². The van der Waals surface area contributed by atoms with Crippen LogP contribution in [0.1, 0.15) is 11.1 Å². The van der Waals surface area contributed by atoms with Gasteiger partial charge in [-0.05, 0) is 48.4 Å². The Hall–Kier alpha value is -3.74. The third-order valence-electron chi connectivity index (χ3n) is 3.92. The number of rotatable bonds is 8. The van der Waals surface area contributed by atoms with E-state index in [1.807, 2.05) is 67.6 Å². The number of nitrogens with one attached hydrogen (secondary N) is 3. The highest BCUT2D eigenvalue weighted by molar-refractivity contribution is 5.91. The molecule has 7 nitrogen and oxygen atoms in total. The normalized spacial score (nSPS) is 10.6. The van der Waals surface area contributed by atoms with E-state index in [2.05, 4.69) is 31.1 Å². The fraction of sp³-hybridized carbons (Fsp3) is 0.143. The van der Waals surface area contributed by atoms with Gasteiger partial charge in [0.2, 0.25) is 5.91 Å². The zero-order chi connectivity index (χ0) is 19.6. The molecule has 0 saturated heterocycles. The molecule has 0 radical (unpaired) electrons. The van der Waals surface area contributed by atoms with Gasteiger partial charge in [-0.25, -0.2) is 4.98 Å². The maximum Gasteiger partial charge on any atom is 0.244 e. The van der Waals surface area contributed by atoms with Crippen LogP contribution in [0, 0.1) is 6.92 Å². The molecular formula is C21H22N6O. The first-order valence-electron chi connectivity index (χ1n) is 8.98. The Morgan fingerprint density at radius 1 is 0.929 bits per heavy atom. The first-order chi connectivity index (χ1) is 13.7. The van der Waals surface area contributed by atoms with Crippen molar-refractivity contribution in [3.05, 3.63) is 78.0 Å². The van der Waals surface area contributed by atoms with E-state index in [4.69, 9.17) is 0 Å². The van der Waals surface area contributed by atoms with Crippen molar-refractivity contribution >= 4 is 29.4 Å². The lowest BCUT2D eigenvalue weighted by molar-refractivity contribution is -0.116. The second-order valence-corrected chi connectivity index (χ2v) is 6.05. The van der Waals surface area contributed by atoms with Crippen molar-refractivity contribution in [3.8, 4) is 0 Å². The number of anilines is 3. The summed E-state index contributed by atoms with van der Waals surface area (Å²) in [6.07, 6.45) is 5.06. The van der Waals surface area contributed by atoms with Crippen LogP contribution in [0.3, 0.4) is 0 Å². The third-order valence-corrected chi connectivity index (χ3v) is 3.92. The van der Waals surface area contributed by atoms with Gasteiger partial charge < -0.3 is 16.0 Å². The molecule has 142 valence electrons. The van der Waals surface area contributed by atoms with Crippen LogP contribution < -0.4 is 16.0 Å². The average molecular weight is 374 g/mol. The van der Waals surface area contributed by atoms with Crippen molar-refractivity contribution in [2.75, 3.05) is 23.7 Å². The van der Waals surface area contributed by atoms with Crippen molar-refractivity contribution in [2.24, 2.45) is 0 Å². The molecule has 2 heterocycles. The zero-order valence-corrected chi connectivity index (χ0v) is 15.6. The van der Waals surface area contributed by atoms with Gasteiger partial charge in [0.05, 0.1) is 0 Å². The van der Waals surface area contributed by atoms with Crippen molar-refractivity contribution < 1.29 is 4.79 Å². The summed E-state index contributed by atoms with van der Waals surface area (Å²) in [6.45, 7) is 3.04. The maximum absolute atomic E-state index is 11.9. The van der Waals surface area contributed by atoms with Crippen LogP contribution in [0.25, 0.3) is 6.08 Å². The highest BCUT2D eigenvalue weighted by Gasteiger charge is 2.00. The van der Waals surface area contributed by atoms with Crippen LogP contribution in [0.4, 0.5) is 17.5 Å². The molecule has 0 atom stereocenters. The lowest BCUT2D eigenvalue weighted by Gasteiger charge is -2.07. The Morgan fingerprint density at radius 3 is 2.46 bits per heavy atom. The minimum absolute atomic E-state index is 0.133. The van der Waals surface area contributed by atoms with E-state index in [1.54, 1.807) is 12.3 Å². The van der Waals surface area contributed by atoms with Gasteiger partial charge in [-0.2, -0.15) is 0 Å². The van der Waals surface area contributed by atoms with Crippen LogP contribution in [0.5, 0.6) is 0 Å². The van der Waals surface area contributed by atoms with E-state index in [0.717, 1.165) is 11.1 Å². The SMILES string of the molecule is Cc1ccccc1/C=C/C(=O)NCCNc1ccc(Nc2ccccn2)nn1. The number of hydrogen-bond donors (Lipinski definition) is 3. The van der Waals surface area contributed by atoms with Gasteiger partial charge in [-0.1, -0.05) is 30.3 Å². The molecule has 28 heavy (non-hydrogen) atoms. The fourth-order valence-corrected chi connectivity index (χ4v) is 2.44. The highest BCUT2D eigenvalue weighted by atomic mass is 16.1. The molecule has 1 aromatic carbocycles. The van der Waals surface area contributed by atoms with E-state index in [0.29, 0.717) is 30.5 Å². The predicted molar refractivity (Wildman–Crippen MR) is 111 cm³/mol. The predicted octanol–water partition coefficient (Wildman–Crippen LogP) is 3.17. The zero-order valence-electron chi connectivity index (χ0n) is 15.6. The van der Waals surface area contributed by atoms with Crippen LogP contribution in [0.2, 0.25) is 0 Å². The standard InChI is InChI=1S/C21H22N6O/c1-16-6-2-3-7-17(16)9-12-21(28)24-15-14-23-19-10-11-20(27-26-19)25-18-8-4-5-13-22-18/h2-13H,14-15H2,1H3,(H,23,26)(H,24,28)(H,22,25,27)/b12-9+. The summed E-state index contributed by atoms with van der Waals surface area (Å²) in [4.78, 5) is 16.1. The molecule has 0 spiro atoms. The van der Waals surface area contributed by atoms with Gasteiger partial charge in [0.25, 0.3) is 0 Å². The number of aromatic nitrogens is 3. The average Bonchev–Trinajstić information content (AvgIpc) is 2.72. The summed E-state index contributed by atoms with van der Waals surface area (Å²) in [5, 5.41) is 17.2. The maximum atomic E-state index is 11.9. The lowest BCUT2D eigenvalue weighted by atomic mass is 10.1. The Balaban J connectivity index is 1.39. The molecule has 3 aromatic rings. The number of hydrogen-bond acceptors (Lipinski definition) is 6. The smallest absolute Gasteiger partial charge is 0.244 e. The van der Waals surface area contributed by atoms with Gasteiger partial charge in [0.1, 0.15) is 11.6 Å². The number of carbonyl (C=O) groups excluding carboxylic acids is 1. The minimum atomic E-state index is -0.133. The van der Waals surface area contributed by atoms with Crippen molar-refractivity contribution in [3.63, 3.8) is 0 Å². The first kappa shape index (κ1) is 19.0. The van der Waals surface area contributed by atoms with Crippen LogP contribution in [0.15, 0.2) is 66.9 Å². The Morgan fingerprint density at radius 2 is 1.71 bits per heavy atom. The number of pyridine rings is 1. The van der Waals surface area contributed by atoms with Crippen molar-refractivity contribution in [1.82, 2.24) is 20.5 Å². The van der Waals surface area contributed by atoms with E-state index >= 15 is 0 Å². The molecular weight excluding hydrogens is 352 g/mol. The molecule has 3 N–H and O–H groups in total. The molecule has 2 aromatic heterocycles. The van der Waals surface area contributed by atoms with E-state index in [-0.39, 0.29) is 5.91 Å².